The van der Waals surface area contributed by atoms with E-state index in [0.717, 1.165) is 4.31 Å². The monoisotopic (exact) mass is 552 g/mol. The summed E-state index contributed by atoms with van der Waals surface area (Å²) in [5.74, 6) is -0.985. The molecule has 9 heteroatoms. The molecule has 0 saturated carbocycles. The SMILES string of the molecule is Cc1c(Cl)cccc1N(CC(=O)Nc1ccc(Cl)cc1C(=O)c1ccccc1)S(=O)(=O)c1ccccc1. The van der Waals surface area contributed by atoms with Crippen molar-refractivity contribution in [2.45, 2.75) is 11.8 Å². The predicted octanol–water partition coefficient (Wildman–Crippen LogP) is 6.37. The van der Waals surface area contributed by atoms with Crippen molar-refractivity contribution in [1.29, 1.82) is 0 Å². The summed E-state index contributed by atoms with van der Waals surface area (Å²) in [6.07, 6.45) is 0. The molecule has 4 aromatic rings. The number of hydrogen-bond acceptors (Lipinski definition) is 4. The van der Waals surface area contributed by atoms with Gasteiger partial charge >= 0.3 is 0 Å². The van der Waals surface area contributed by atoms with Crippen LogP contribution in [0.3, 0.4) is 0 Å². The number of benzene rings is 4. The fourth-order valence-electron chi connectivity index (χ4n) is 3.76. The summed E-state index contributed by atoms with van der Waals surface area (Å²) < 4.78 is 28.2. The fourth-order valence-corrected chi connectivity index (χ4v) is 5.61. The number of carbonyl (C=O) groups excluding carboxylic acids is 2. The predicted molar refractivity (Wildman–Crippen MR) is 147 cm³/mol. The number of carbonyl (C=O) groups is 2. The number of ketones is 1. The average Bonchev–Trinajstić information content (AvgIpc) is 2.90. The average molecular weight is 553 g/mol. The van der Waals surface area contributed by atoms with Crippen LogP contribution in [0.15, 0.2) is 102 Å². The van der Waals surface area contributed by atoms with Crippen molar-refractivity contribution in [1.82, 2.24) is 0 Å². The molecule has 0 fully saturated rings. The molecule has 0 aliphatic heterocycles. The molecule has 0 atom stereocenters. The molecule has 188 valence electrons. The first-order chi connectivity index (χ1) is 17.7. The molecule has 0 unspecified atom stereocenters. The third kappa shape index (κ3) is 5.85. The Labute approximate surface area is 225 Å². The zero-order chi connectivity index (χ0) is 26.6. The fraction of sp³-hybridized carbons (Fsp3) is 0.0714. The van der Waals surface area contributed by atoms with Gasteiger partial charge in [0.05, 0.1) is 16.3 Å². The summed E-state index contributed by atoms with van der Waals surface area (Å²) in [5, 5.41) is 3.37. The molecule has 6 nitrogen and oxygen atoms in total. The maximum absolute atomic E-state index is 13.6. The molecule has 0 saturated heterocycles. The lowest BCUT2D eigenvalue weighted by molar-refractivity contribution is -0.114. The van der Waals surface area contributed by atoms with E-state index in [2.05, 4.69) is 5.32 Å². The van der Waals surface area contributed by atoms with Crippen molar-refractivity contribution in [2.24, 2.45) is 0 Å². The van der Waals surface area contributed by atoms with Crippen LogP contribution in [0.5, 0.6) is 0 Å². The van der Waals surface area contributed by atoms with Crippen LogP contribution in [0.25, 0.3) is 0 Å². The van der Waals surface area contributed by atoms with Crippen molar-refractivity contribution >= 4 is 56.3 Å². The maximum atomic E-state index is 13.6. The van der Waals surface area contributed by atoms with Gasteiger partial charge in [0.25, 0.3) is 10.0 Å². The third-order valence-corrected chi connectivity index (χ3v) is 8.08. The van der Waals surface area contributed by atoms with E-state index < -0.39 is 22.5 Å². The lowest BCUT2D eigenvalue weighted by atomic mass is 10.0. The molecule has 0 heterocycles. The molecule has 0 aliphatic rings. The first kappa shape index (κ1) is 26.4. The Bertz CT molecular complexity index is 1560. The largest absolute Gasteiger partial charge is 0.324 e. The molecule has 0 spiro atoms. The Morgan fingerprint density at radius 3 is 2.16 bits per heavy atom. The zero-order valence-corrected chi connectivity index (χ0v) is 22.0. The summed E-state index contributed by atoms with van der Waals surface area (Å²) >= 11 is 12.4. The number of nitrogens with one attached hydrogen (secondary N) is 1. The topological polar surface area (TPSA) is 83.6 Å². The lowest BCUT2D eigenvalue weighted by Crippen LogP contribution is -2.38. The number of anilines is 2. The minimum absolute atomic E-state index is 0.0219. The normalized spacial score (nSPS) is 11.1. The van der Waals surface area contributed by atoms with Crippen LogP contribution in [0.2, 0.25) is 10.0 Å². The second-order valence-electron chi connectivity index (χ2n) is 8.14. The molecule has 1 N–H and O–H groups in total. The minimum atomic E-state index is -4.13. The molecular formula is C28H22Cl2N2O4S. The zero-order valence-electron chi connectivity index (χ0n) is 19.7. The van der Waals surface area contributed by atoms with Crippen molar-refractivity contribution in [2.75, 3.05) is 16.2 Å². The van der Waals surface area contributed by atoms with E-state index in [1.165, 1.54) is 24.3 Å². The molecule has 4 rings (SSSR count). The lowest BCUT2D eigenvalue weighted by Gasteiger charge is -2.26. The van der Waals surface area contributed by atoms with E-state index in [0.29, 0.717) is 21.2 Å². The second kappa shape index (κ2) is 11.2. The van der Waals surface area contributed by atoms with Gasteiger partial charge in [0.1, 0.15) is 6.54 Å². The first-order valence-electron chi connectivity index (χ1n) is 11.2. The van der Waals surface area contributed by atoms with Crippen LogP contribution in [0, 0.1) is 6.92 Å². The molecule has 1 amide bonds. The van der Waals surface area contributed by atoms with E-state index in [9.17, 15) is 18.0 Å². The molecule has 0 aliphatic carbocycles. The van der Waals surface area contributed by atoms with Gasteiger partial charge < -0.3 is 5.32 Å². The summed E-state index contributed by atoms with van der Waals surface area (Å²) in [5.41, 5.74) is 1.58. The number of rotatable bonds is 8. The van der Waals surface area contributed by atoms with Gasteiger partial charge in [-0.15, -0.1) is 0 Å². The highest BCUT2D eigenvalue weighted by Crippen LogP contribution is 2.31. The highest BCUT2D eigenvalue weighted by atomic mass is 35.5. The van der Waals surface area contributed by atoms with Crippen molar-refractivity contribution in [3.63, 3.8) is 0 Å². The Morgan fingerprint density at radius 2 is 1.49 bits per heavy atom. The second-order valence-corrected chi connectivity index (χ2v) is 10.8. The number of sulfonamides is 1. The van der Waals surface area contributed by atoms with Gasteiger partial charge in [0.15, 0.2) is 5.78 Å². The van der Waals surface area contributed by atoms with Crippen LogP contribution < -0.4 is 9.62 Å². The van der Waals surface area contributed by atoms with Gasteiger partial charge in [-0.1, -0.05) is 77.8 Å². The molecule has 4 aromatic carbocycles. The highest BCUT2D eigenvalue weighted by Gasteiger charge is 2.29. The number of hydrogen-bond donors (Lipinski definition) is 1. The Morgan fingerprint density at radius 1 is 0.838 bits per heavy atom. The molecule has 0 aromatic heterocycles. The Kier molecular flexibility index (Phi) is 7.97. The van der Waals surface area contributed by atoms with E-state index in [1.54, 1.807) is 79.7 Å². The molecular weight excluding hydrogens is 531 g/mol. The van der Waals surface area contributed by atoms with E-state index >= 15 is 0 Å². The van der Waals surface area contributed by atoms with Crippen molar-refractivity contribution in [3.8, 4) is 0 Å². The molecule has 0 radical (unpaired) electrons. The summed E-state index contributed by atoms with van der Waals surface area (Å²) in [6.45, 7) is 1.12. The van der Waals surface area contributed by atoms with Crippen molar-refractivity contribution < 1.29 is 18.0 Å². The Hall–Kier alpha value is -3.65. The summed E-state index contributed by atoms with van der Waals surface area (Å²) in [4.78, 5) is 26.4. The van der Waals surface area contributed by atoms with Crippen LogP contribution in [0.1, 0.15) is 21.5 Å². The number of amides is 1. The first-order valence-corrected chi connectivity index (χ1v) is 13.4. The van der Waals surface area contributed by atoms with Gasteiger partial charge in [-0.2, -0.15) is 0 Å². The van der Waals surface area contributed by atoms with Crippen LogP contribution in [-0.2, 0) is 14.8 Å². The van der Waals surface area contributed by atoms with Crippen LogP contribution >= 0.6 is 23.2 Å². The standard InChI is InChI=1S/C28H22Cl2N2O4S/c1-19-24(30)13-8-14-26(19)32(37(35,36)22-11-6-3-7-12-22)18-27(33)31-25-16-15-21(29)17-23(25)28(34)20-9-4-2-5-10-20/h2-17H,18H2,1H3,(H,31,33). The van der Waals surface area contributed by atoms with Crippen LogP contribution in [0.4, 0.5) is 11.4 Å². The quantitative estimate of drug-likeness (QED) is 0.257. The number of nitrogens with zero attached hydrogens (tertiary/aromatic N) is 1. The van der Waals surface area contributed by atoms with Gasteiger partial charge in [-0.25, -0.2) is 8.42 Å². The van der Waals surface area contributed by atoms with Gasteiger partial charge in [-0.05, 0) is 55.0 Å². The third-order valence-electron chi connectivity index (χ3n) is 5.66. The molecule has 0 bridgehead atoms. The van der Waals surface area contributed by atoms with E-state index in [-0.39, 0.29) is 27.6 Å². The summed E-state index contributed by atoms with van der Waals surface area (Å²) in [7, 11) is -4.13. The van der Waals surface area contributed by atoms with Crippen LogP contribution in [-0.4, -0.2) is 26.7 Å². The summed E-state index contributed by atoms with van der Waals surface area (Å²) in [6, 6.07) is 25.7. The van der Waals surface area contributed by atoms with Crippen molar-refractivity contribution in [3.05, 3.63) is 124 Å². The minimum Gasteiger partial charge on any atom is -0.324 e. The van der Waals surface area contributed by atoms with E-state index in [1.807, 2.05) is 0 Å². The highest BCUT2D eigenvalue weighted by molar-refractivity contribution is 7.92. The molecule has 37 heavy (non-hydrogen) atoms. The smallest absolute Gasteiger partial charge is 0.264 e. The van der Waals surface area contributed by atoms with Gasteiger partial charge in [-0.3, -0.25) is 13.9 Å². The number of halogens is 2. The van der Waals surface area contributed by atoms with E-state index in [4.69, 9.17) is 23.2 Å². The Balaban J connectivity index is 1.70. The van der Waals surface area contributed by atoms with Gasteiger partial charge in [0.2, 0.25) is 5.91 Å². The maximum Gasteiger partial charge on any atom is 0.264 e. The van der Waals surface area contributed by atoms with Gasteiger partial charge in [0, 0.05) is 21.2 Å².